The molecule has 1 aromatic carbocycles. The third kappa shape index (κ3) is 5.81. The average molecular weight is 418 g/mol. The number of carbonyl (C=O) groups is 1. The van der Waals surface area contributed by atoms with Gasteiger partial charge in [0.1, 0.15) is 5.60 Å². The summed E-state index contributed by atoms with van der Waals surface area (Å²) in [5, 5.41) is 3.33. The third-order valence-electron chi connectivity index (χ3n) is 5.80. The maximum Gasteiger partial charge on any atom is 0.254 e. The molecule has 2 saturated heterocycles. The van der Waals surface area contributed by atoms with Crippen LogP contribution in [-0.2, 0) is 16.1 Å². The van der Waals surface area contributed by atoms with E-state index in [-0.39, 0.29) is 30.7 Å². The molecule has 154 valence electrons. The zero-order valence-electron chi connectivity index (χ0n) is 16.4. The lowest BCUT2D eigenvalue weighted by Gasteiger charge is -2.38. The molecule has 1 aromatic rings. The first-order chi connectivity index (χ1) is 12.1. The lowest BCUT2D eigenvalue weighted by atomic mass is 9.90. The van der Waals surface area contributed by atoms with Gasteiger partial charge in [0.2, 0.25) is 0 Å². The maximum absolute atomic E-state index is 13.2. The SMILES string of the molecule is COC1(C(=O)N2CCC(C)N(Cc3ccccc3)CC2)CCNCC1.Cl.Cl. The van der Waals surface area contributed by atoms with Crippen LogP contribution in [0.4, 0.5) is 0 Å². The Morgan fingerprint density at radius 1 is 1.15 bits per heavy atom. The minimum absolute atomic E-state index is 0. The van der Waals surface area contributed by atoms with Gasteiger partial charge in [-0.05, 0) is 44.8 Å². The molecule has 2 heterocycles. The second-order valence-corrected chi connectivity index (χ2v) is 7.33. The highest BCUT2D eigenvalue weighted by atomic mass is 35.5. The first-order valence-electron chi connectivity index (χ1n) is 9.48. The molecule has 5 nitrogen and oxygen atoms in total. The van der Waals surface area contributed by atoms with Gasteiger partial charge in [-0.3, -0.25) is 9.69 Å². The number of benzene rings is 1. The number of nitrogens with one attached hydrogen (secondary N) is 1. The van der Waals surface area contributed by atoms with E-state index in [1.54, 1.807) is 7.11 Å². The second kappa shape index (κ2) is 11.2. The number of carbonyl (C=O) groups excluding carboxylic acids is 1. The summed E-state index contributed by atoms with van der Waals surface area (Å²) in [5.41, 5.74) is 0.712. The molecular formula is C20H33Cl2N3O2. The van der Waals surface area contributed by atoms with Crippen LogP contribution >= 0.6 is 24.8 Å². The number of hydrogen-bond donors (Lipinski definition) is 1. The van der Waals surface area contributed by atoms with Gasteiger partial charge in [0.05, 0.1) is 0 Å². The van der Waals surface area contributed by atoms with Crippen molar-refractivity contribution in [3.05, 3.63) is 35.9 Å². The van der Waals surface area contributed by atoms with Gasteiger partial charge in [0.25, 0.3) is 5.91 Å². The van der Waals surface area contributed by atoms with Crippen molar-refractivity contribution in [1.29, 1.82) is 0 Å². The van der Waals surface area contributed by atoms with Crippen LogP contribution in [0.15, 0.2) is 30.3 Å². The molecule has 1 unspecified atom stereocenters. The van der Waals surface area contributed by atoms with Crippen LogP contribution in [0.2, 0.25) is 0 Å². The molecule has 1 atom stereocenters. The summed E-state index contributed by atoms with van der Waals surface area (Å²) in [6.45, 7) is 7.45. The molecule has 0 radical (unpaired) electrons. The molecule has 2 aliphatic rings. The lowest BCUT2D eigenvalue weighted by Crippen LogP contribution is -2.55. The number of ether oxygens (including phenoxy) is 1. The van der Waals surface area contributed by atoms with Gasteiger partial charge in [-0.1, -0.05) is 30.3 Å². The summed E-state index contributed by atoms with van der Waals surface area (Å²) in [6.07, 6.45) is 2.54. The number of nitrogens with zero attached hydrogens (tertiary/aromatic N) is 2. The molecule has 27 heavy (non-hydrogen) atoms. The maximum atomic E-state index is 13.2. The largest absolute Gasteiger partial charge is 0.368 e. The van der Waals surface area contributed by atoms with E-state index in [2.05, 4.69) is 47.5 Å². The van der Waals surface area contributed by atoms with Gasteiger partial charge in [0, 0.05) is 39.3 Å². The smallest absolute Gasteiger partial charge is 0.254 e. The Kier molecular flexibility index (Phi) is 10.1. The van der Waals surface area contributed by atoms with Crippen molar-refractivity contribution in [2.24, 2.45) is 0 Å². The zero-order chi connectivity index (χ0) is 17.7. The molecule has 0 spiro atoms. The molecule has 0 saturated carbocycles. The van der Waals surface area contributed by atoms with Crippen LogP contribution in [0.5, 0.6) is 0 Å². The Bertz CT molecular complexity index is 568. The van der Waals surface area contributed by atoms with Crippen molar-refractivity contribution in [1.82, 2.24) is 15.1 Å². The van der Waals surface area contributed by atoms with Gasteiger partial charge in [-0.15, -0.1) is 24.8 Å². The molecule has 0 aromatic heterocycles. The van der Waals surface area contributed by atoms with Gasteiger partial charge in [-0.25, -0.2) is 0 Å². The first kappa shape index (κ1) is 24.2. The topological polar surface area (TPSA) is 44.8 Å². The average Bonchev–Trinajstić information content (AvgIpc) is 2.85. The van der Waals surface area contributed by atoms with Crippen LogP contribution in [0.1, 0.15) is 31.7 Å². The number of rotatable bonds is 4. The highest BCUT2D eigenvalue weighted by Crippen LogP contribution is 2.26. The van der Waals surface area contributed by atoms with E-state index in [1.165, 1.54) is 5.56 Å². The van der Waals surface area contributed by atoms with Gasteiger partial charge in [-0.2, -0.15) is 0 Å². The summed E-state index contributed by atoms with van der Waals surface area (Å²) in [5.74, 6) is 0.185. The Morgan fingerprint density at radius 3 is 2.44 bits per heavy atom. The van der Waals surface area contributed by atoms with Crippen LogP contribution in [-0.4, -0.2) is 67.2 Å². The Labute approximate surface area is 175 Å². The summed E-state index contributed by atoms with van der Waals surface area (Å²) in [6, 6.07) is 11.1. The fourth-order valence-corrected chi connectivity index (χ4v) is 3.99. The normalized spacial score (nSPS) is 22.9. The third-order valence-corrected chi connectivity index (χ3v) is 5.80. The number of piperidine rings is 1. The zero-order valence-corrected chi connectivity index (χ0v) is 18.0. The molecule has 7 heteroatoms. The van der Waals surface area contributed by atoms with Gasteiger partial charge >= 0.3 is 0 Å². The highest BCUT2D eigenvalue weighted by Gasteiger charge is 2.42. The van der Waals surface area contributed by atoms with Crippen molar-refractivity contribution in [2.45, 2.75) is 44.4 Å². The summed E-state index contributed by atoms with van der Waals surface area (Å²) >= 11 is 0. The molecule has 0 aliphatic carbocycles. The Hall–Kier alpha value is -0.850. The van der Waals surface area contributed by atoms with Crippen molar-refractivity contribution >= 4 is 30.7 Å². The lowest BCUT2D eigenvalue weighted by molar-refractivity contribution is -0.158. The number of amides is 1. The predicted molar refractivity (Wildman–Crippen MR) is 114 cm³/mol. The summed E-state index contributed by atoms with van der Waals surface area (Å²) < 4.78 is 5.74. The predicted octanol–water partition coefficient (Wildman–Crippen LogP) is 2.72. The fourth-order valence-electron chi connectivity index (χ4n) is 3.99. The number of halogens is 2. The van der Waals surface area contributed by atoms with Crippen LogP contribution < -0.4 is 5.32 Å². The second-order valence-electron chi connectivity index (χ2n) is 7.33. The highest BCUT2D eigenvalue weighted by molar-refractivity contribution is 5.86. The molecule has 1 N–H and O–H groups in total. The van der Waals surface area contributed by atoms with Gasteiger partial charge < -0.3 is 15.0 Å². The van der Waals surface area contributed by atoms with E-state index in [9.17, 15) is 4.79 Å². The molecule has 2 fully saturated rings. The molecular weight excluding hydrogens is 385 g/mol. The van der Waals surface area contributed by atoms with Crippen molar-refractivity contribution in [3.8, 4) is 0 Å². The van der Waals surface area contributed by atoms with Crippen molar-refractivity contribution in [3.63, 3.8) is 0 Å². The summed E-state index contributed by atoms with van der Waals surface area (Å²) in [4.78, 5) is 17.7. The van der Waals surface area contributed by atoms with E-state index in [0.717, 1.165) is 58.5 Å². The van der Waals surface area contributed by atoms with Gasteiger partial charge in [0.15, 0.2) is 0 Å². The quantitative estimate of drug-likeness (QED) is 0.817. The van der Waals surface area contributed by atoms with E-state index >= 15 is 0 Å². The van der Waals surface area contributed by atoms with E-state index < -0.39 is 5.60 Å². The molecule has 0 bridgehead atoms. The van der Waals surface area contributed by atoms with Crippen molar-refractivity contribution < 1.29 is 9.53 Å². The summed E-state index contributed by atoms with van der Waals surface area (Å²) in [7, 11) is 1.69. The molecule has 2 aliphatic heterocycles. The minimum atomic E-state index is -0.622. The first-order valence-corrected chi connectivity index (χ1v) is 9.48. The fraction of sp³-hybridized carbons (Fsp3) is 0.650. The molecule has 3 rings (SSSR count). The standard InChI is InChI=1S/C20H31N3O2.2ClH/c1-17-8-13-22(19(24)20(25-2)9-11-21-12-10-20)14-15-23(17)16-18-6-4-3-5-7-18;;/h3-7,17,21H,8-16H2,1-2H3;2*1H. The van der Waals surface area contributed by atoms with Crippen LogP contribution in [0.25, 0.3) is 0 Å². The minimum Gasteiger partial charge on any atom is -0.368 e. The van der Waals surface area contributed by atoms with Crippen LogP contribution in [0.3, 0.4) is 0 Å². The Balaban J connectivity index is 0.00000182. The monoisotopic (exact) mass is 417 g/mol. The number of hydrogen-bond acceptors (Lipinski definition) is 4. The molecule has 1 amide bonds. The van der Waals surface area contributed by atoms with Crippen molar-refractivity contribution in [2.75, 3.05) is 39.8 Å². The number of methoxy groups -OCH3 is 1. The van der Waals surface area contributed by atoms with Crippen LogP contribution in [0, 0.1) is 0 Å². The van der Waals surface area contributed by atoms with E-state index in [1.807, 2.05) is 4.90 Å². The van der Waals surface area contributed by atoms with E-state index in [4.69, 9.17) is 4.74 Å². The van der Waals surface area contributed by atoms with E-state index in [0.29, 0.717) is 6.04 Å². The Morgan fingerprint density at radius 2 is 1.81 bits per heavy atom.